The highest BCUT2D eigenvalue weighted by molar-refractivity contribution is 6.11. The van der Waals surface area contributed by atoms with E-state index in [0.717, 1.165) is 6.42 Å². The van der Waals surface area contributed by atoms with E-state index >= 15 is 0 Å². The van der Waals surface area contributed by atoms with Crippen molar-refractivity contribution in [1.82, 2.24) is 0 Å². The van der Waals surface area contributed by atoms with Crippen molar-refractivity contribution >= 4 is 11.5 Å². The molecule has 4 nitrogen and oxygen atoms in total. The van der Waals surface area contributed by atoms with E-state index in [9.17, 15) is 15.0 Å². The number of ketones is 1. The molecular formula is C18H21NO3. The number of hydrogen-bond donors (Lipinski definition) is 3. The first-order chi connectivity index (χ1) is 10.5. The van der Waals surface area contributed by atoms with E-state index in [2.05, 4.69) is 19.2 Å². The van der Waals surface area contributed by atoms with Crippen LogP contribution in [-0.2, 0) is 0 Å². The van der Waals surface area contributed by atoms with E-state index in [0.29, 0.717) is 18.0 Å². The Balaban J connectivity index is 2.28. The predicted molar refractivity (Wildman–Crippen MR) is 87.6 cm³/mol. The third-order valence-electron chi connectivity index (χ3n) is 3.46. The molecule has 2 aromatic carbocycles. The molecule has 0 unspecified atom stereocenters. The second kappa shape index (κ2) is 6.98. The topological polar surface area (TPSA) is 69.6 Å². The van der Waals surface area contributed by atoms with Crippen LogP contribution in [0.5, 0.6) is 11.5 Å². The molecule has 0 amide bonds. The van der Waals surface area contributed by atoms with Gasteiger partial charge in [0.2, 0.25) is 0 Å². The number of carbonyl (C=O) groups excluding carboxylic acids is 1. The predicted octanol–water partition coefficient (Wildman–Crippen LogP) is 3.79. The molecule has 0 fully saturated rings. The van der Waals surface area contributed by atoms with Crippen LogP contribution in [0.4, 0.5) is 5.69 Å². The molecule has 0 radical (unpaired) electrons. The van der Waals surface area contributed by atoms with Gasteiger partial charge in [0.15, 0.2) is 11.5 Å². The lowest BCUT2D eigenvalue weighted by atomic mass is 10.0. The number of benzene rings is 2. The van der Waals surface area contributed by atoms with Gasteiger partial charge >= 0.3 is 0 Å². The standard InChI is InChI=1S/C18H21NO3/c1-12(2)10-11-19-16-15(20)9-8-14(18(16)22)17(21)13-6-4-3-5-7-13/h3-9,12,19-20,22H,10-11H2,1-2H3. The number of anilines is 1. The van der Waals surface area contributed by atoms with Gasteiger partial charge in [0, 0.05) is 12.1 Å². The number of carbonyl (C=O) groups is 1. The van der Waals surface area contributed by atoms with Crippen LogP contribution in [0.15, 0.2) is 42.5 Å². The zero-order valence-electron chi connectivity index (χ0n) is 12.8. The van der Waals surface area contributed by atoms with Gasteiger partial charge in [0.05, 0.1) is 5.56 Å². The Kier molecular flexibility index (Phi) is 5.04. The van der Waals surface area contributed by atoms with Crippen molar-refractivity contribution in [2.45, 2.75) is 20.3 Å². The molecule has 0 saturated carbocycles. The second-order valence-corrected chi connectivity index (χ2v) is 5.66. The highest BCUT2D eigenvalue weighted by Gasteiger charge is 2.18. The van der Waals surface area contributed by atoms with Crippen molar-refractivity contribution in [3.8, 4) is 11.5 Å². The monoisotopic (exact) mass is 299 g/mol. The van der Waals surface area contributed by atoms with Crippen LogP contribution in [-0.4, -0.2) is 22.5 Å². The van der Waals surface area contributed by atoms with Crippen LogP contribution in [0.3, 0.4) is 0 Å². The zero-order chi connectivity index (χ0) is 16.1. The third-order valence-corrected chi connectivity index (χ3v) is 3.46. The maximum absolute atomic E-state index is 12.4. The van der Waals surface area contributed by atoms with Gasteiger partial charge < -0.3 is 15.5 Å². The SMILES string of the molecule is CC(C)CCNc1c(O)ccc(C(=O)c2ccccc2)c1O. The normalized spacial score (nSPS) is 10.7. The summed E-state index contributed by atoms with van der Waals surface area (Å²) < 4.78 is 0. The van der Waals surface area contributed by atoms with Gasteiger partial charge in [-0.05, 0) is 24.5 Å². The van der Waals surface area contributed by atoms with Crippen molar-refractivity contribution < 1.29 is 15.0 Å². The molecule has 0 saturated heterocycles. The van der Waals surface area contributed by atoms with Crippen LogP contribution < -0.4 is 5.32 Å². The lowest BCUT2D eigenvalue weighted by Gasteiger charge is -2.14. The van der Waals surface area contributed by atoms with Gasteiger partial charge in [0.25, 0.3) is 0 Å². The Bertz CT molecular complexity index is 651. The van der Waals surface area contributed by atoms with Gasteiger partial charge in [-0.15, -0.1) is 0 Å². The van der Waals surface area contributed by atoms with Gasteiger partial charge in [-0.25, -0.2) is 0 Å². The van der Waals surface area contributed by atoms with Crippen LogP contribution in [0.1, 0.15) is 36.2 Å². The Labute approximate surface area is 130 Å². The quantitative estimate of drug-likeness (QED) is 0.561. The van der Waals surface area contributed by atoms with E-state index in [1.54, 1.807) is 24.3 Å². The summed E-state index contributed by atoms with van der Waals surface area (Å²) in [6.45, 7) is 4.80. The average molecular weight is 299 g/mol. The highest BCUT2D eigenvalue weighted by Crippen LogP contribution is 2.37. The Morgan fingerprint density at radius 2 is 1.77 bits per heavy atom. The molecule has 0 spiro atoms. The molecule has 0 heterocycles. The Hall–Kier alpha value is -2.49. The summed E-state index contributed by atoms with van der Waals surface area (Å²) in [5, 5.41) is 23.2. The first-order valence-corrected chi connectivity index (χ1v) is 7.39. The summed E-state index contributed by atoms with van der Waals surface area (Å²) in [6.07, 6.45) is 0.899. The highest BCUT2D eigenvalue weighted by atomic mass is 16.3. The summed E-state index contributed by atoms with van der Waals surface area (Å²) in [5.41, 5.74) is 0.884. The summed E-state index contributed by atoms with van der Waals surface area (Å²) in [6, 6.07) is 11.6. The molecule has 0 aliphatic heterocycles. The fraction of sp³-hybridized carbons (Fsp3) is 0.278. The van der Waals surface area contributed by atoms with Crippen LogP contribution >= 0.6 is 0 Å². The molecule has 22 heavy (non-hydrogen) atoms. The van der Waals surface area contributed by atoms with E-state index < -0.39 is 0 Å². The number of hydrogen-bond acceptors (Lipinski definition) is 4. The summed E-state index contributed by atoms with van der Waals surface area (Å²) in [7, 11) is 0. The van der Waals surface area contributed by atoms with Crippen molar-refractivity contribution in [3.05, 3.63) is 53.6 Å². The molecular weight excluding hydrogens is 278 g/mol. The van der Waals surface area contributed by atoms with Crippen molar-refractivity contribution in [2.75, 3.05) is 11.9 Å². The van der Waals surface area contributed by atoms with E-state index in [1.165, 1.54) is 12.1 Å². The fourth-order valence-electron chi connectivity index (χ4n) is 2.17. The van der Waals surface area contributed by atoms with Gasteiger partial charge in [-0.1, -0.05) is 44.2 Å². The zero-order valence-corrected chi connectivity index (χ0v) is 12.8. The molecule has 2 rings (SSSR count). The molecule has 3 N–H and O–H groups in total. The lowest BCUT2D eigenvalue weighted by molar-refractivity contribution is 0.103. The average Bonchev–Trinajstić information content (AvgIpc) is 2.50. The largest absolute Gasteiger partial charge is 0.506 e. The number of nitrogens with one attached hydrogen (secondary N) is 1. The number of aromatic hydroxyl groups is 2. The molecule has 0 aromatic heterocycles. The van der Waals surface area contributed by atoms with E-state index in [-0.39, 0.29) is 28.5 Å². The van der Waals surface area contributed by atoms with Gasteiger partial charge in [-0.3, -0.25) is 4.79 Å². The molecule has 0 atom stereocenters. The first kappa shape index (κ1) is 15.9. The minimum Gasteiger partial charge on any atom is -0.506 e. The number of rotatable bonds is 6. The van der Waals surface area contributed by atoms with Crippen LogP contribution in [0.25, 0.3) is 0 Å². The van der Waals surface area contributed by atoms with Crippen LogP contribution in [0, 0.1) is 5.92 Å². The Morgan fingerprint density at radius 1 is 1.09 bits per heavy atom. The smallest absolute Gasteiger partial charge is 0.196 e. The maximum atomic E-state index is 12.4. The van der Waals surface area contributed by atoms with Crippen molar-refractivity contribution in [3.63, 3.8) is 0 Å². The Morgan fingerprint density at radius 3 is 2.41 bits per heavy atom. The lowest BCUT2D eigenvalue weighted by Crippen LogP contribution is -2.07. The maximum Gasteiger partial charge on any atom is 0.196 e. The van der Waals surface area contributed by atoms with Gasteiger partial charge in [0.1, 0.15) is 11.4 Å². The van der Waals surface area contributed by atoms with Crippen molar-refractivity contribution in [2.24, 2.45) is 5.92 Å². The van der Waals surface area contributed by atoms with Gasteiger partial charge in [-0.2, -0.15) is 0 Å². The molecule has 116 valence electrons. The van der Waals surface area contributed by atoms with Crippen molar-refractivity contribution in [1.29, 1.82) is 0 Å². The molecule has 4 heteroatoms. The molecule has 0 bridgehead atoms. The number of phenolic OH excluding ortho intramolecular Hbond substituents is 2. The fourth-order valence-corrected chi connectivity index (χ4v) is 2.17. The first-order valence-electron chi connectivity index (χ1n) is 7.39. The summed E-state index contributed by atoms with van der Waals surface area (Å²) in [4.78, 5) is 12.4. The van der Waals surface area contributed by atoms with Crippen LogP contribution in [0.2, 0.25) is 0 Å². The second-order valence-electron chi connectivity index (χ2n) is 5.66. The molecule has 0 aliphatic rings. The molecule has 2 aromatic rings. The summed E-state index contributed by atoms with van der Waals surface area (Å²) >= 11 is 0. The summed E-state index contributed by atoms with van der Waals surface area (Å²) in [5.74, 6) is -0.0422. The minimum atomic E-state index is -0.273. The third kappa shape index (κ3) is 3.58. The van der Waals surface area contributed by atoms with E-state index in [4.69, 9.17) is 0 Å². The van der Waals surface area contributed by atoms with E-state index in [1.807, 2.05) is 6.07 Å². The minimum absolute atomic E-state index is 0.0640. The number of phenols is 2. The molecule has 0 aliphatic carbocycles.